The molecule has 0 aliphatic carbocycles. The van der Waals surface area contributed by atoms with E-state index in [9.17, 15) is 9.90 Å². The van der Waals surface area contributed by atoms with E-state index in [4.69, 9.17) is 29.5 Å². The largest absolute Gasteiger partial charge is 0.481 e. The topological polar surface area (TPSA) is 161 Å². The van der Waals surface area contributed by atoms with E-state index in [1.54, 1.807) is 12.3 Å². The summed E-state index contributed by atoms with van der Waals surface area (Å²) < 4.78 is 21.8. The van der Waals surface area contributed by atoms with Crippen molar-refractivity contribution in [2.75, 3.05) is 64.7 Å². The first-order valence-electron chi connectivity index (χ1n) is 14.9. The van der Waals surface area contributed by atoms with Crippen LogP contribution >= 0.6 is 0 Å². The zero-order valence-corrected chi connectivity index (χ0v) is 24.4. The molecule has 0 fully saturated rings. The molecule has 1 atom stereocenters. The molecule has 2 N–H and O–H groups in total. The number of aryl methyl sites for hydroxylation is 2. The third-order valence-corrected chi connectivity index (χ3v) is 6.96. The lowest BCUT2D eigenvalue weighted by Crippen LogP contribution is -2.14. The number of nitrogens with zero attached hydrogens (tertiary/aromatic N) is 5. The highest BCUT2D eigenvalue weighted by molar-refractivity contribution is 5.68. The molecule has 230 valence electrons. The van der Waals surface area contributed by atoms with Crippen LogP contribution in [0.25, 0.3) is 10.4 Å². The Morgan fingerprint density at radius 2 is 1.76 bits per heavy atom. The first kappa shape index (κ1) is 33.1. The zero-order chi connectivity index (χ0) is 29.7. The van der Waals surface area contributed by atoms with Crippen molar-refractivity contribution in [1.29, 1.82) is 0 Å². The van der Waals surface area contributed by atoms with Gasteiger partial charge in [0, 0.05) is 36.0 Å². The highest BCUT2D eigenvalue weighted by Gasteiger charge is 2.16. The van der Waals surface area contributed by atoms with E-state index < -0.39 is 5.97 Å². The Bertz CT molecular complexity index is 1100. The highest BCUT2D eigenvalue weighted by atomic mass is 16.6. The standard InChI is InChI=1S/C30H44N6O6/c31-36-34-14-15-39-16-17-40-18-19-41-20-21-42-28-12-10-26(23-33-28)25(22-29(37)38)6-3-1-2-4-8-27-11-9-24-7-5-13-32-30(24)35-27/h9-12,23,25H,1-8,13-22H2,(H,32,35)(H,37,38). The Morgan fingerprint density at radius 3 is 2.50 bits per heavy atom. The van der Waals surface area contributed by atoms with E-state index in [2.05, 4.69) is 32.5 Å². The summed E-state index contributed by atoms with van der Waals surface area (Å²) in [5, 5.41) is 16.2. The molecule has 0 spiro atoms. The van der Waals surface area contributed by atoms with Gasteiger partial charge in [0.1, 0.15) is 12.4 Å². The average Bonchev–Trinajstić information content (AvgIpc) is 3.00. The lowest BCUT2D eigenvalue weighted by Gasteiger charge is -2.17. The van der Waals surface area contributed by atoms with Gasteiger partial charge in [0.2, 0.25) is 5.88 Å². The van der Waals surface area contributed by atoms with Gasteiger partial charge in [-0.1, -0.05) is 36.5 Å². The van der Waals surface area contributed by atoms with Crippen molar-refractivity contribution >= 4 is 11.8 Å². The minimum Gasteiger partial charge on any atom is -0.481 e. The maximum absolute atomic E-state index is 11.5. The van der Waals surface area contributed by atoms with Crippen LogP contribution in [0.15, 0.2) is 35.6 Å². The molecule has 3 rings (SSSR count). The summed E-state index contributed by atoms with van der Waals surface area (Å²) in [7, 11) is 0. The molecule has 3 heterocycles. The molecule has 0 aromatic carbocycles. The van der Waals surface area contributed by atoms with Gasteiger partial charge in [-0.3, -0.25) is 4.79 Å². The molecule has 2 aromatic heterocycles. The molecule has 0 saturated carbocycles. The minimum atomic E-state index is -0.800. The second kappa shape index (κ2) is 20.4. The van der Waals surface area contributed by atoms with Gasteiger partial charge in [-0.2, -0.15) is 0 Å². The van der Waals surface area contributed by atoms with E-state index in [1.165, 1.54) is 12.0 Å². The molecule has 12 heteroatoms. The fourth-order valence-electron chi connectivity index (χ4n) is 4.77. The van der Waals surface area contributed by atoms with Crippen LogP contribution in [0.4, 0.5) is 5.82 Å². The molecule has 1 aliphatic rings. The van der Waals surface area contributed by atoms with E-state index in [-0.39, 0.29) is 12.3 Å². The van der Waals surface area contributed by atoms with Gasteiger partial charge in [-0.25, -0.2) is 9.97 Å². The van der Waals surface area contributed by atoms with Crippen LogP contribution in [0.3, 0.4) is 0 Å². The number of hydrogen-bond acceptors (Lipinski definition) is 9. The van der Waals surface area contributed by atoms with E-state index in [0.29, 0.717) is 58.7 Å². The second-order valence-corrected chi connectivity index (χ2v) is 10.2. The van der Waals surface area contributed by atoms with Crippen LogP contribution in [-0.4, -0.2) is 80.4 Å². The number of azide groups is 1. The highest BCUT2D eigenvalue weighted by Crippen LogP contribution is 2.27. The number of ether oxygens (including phenoxy) is 4. The number of carbonyl (C=O) groups is 1. The monoisotopic (exact) mass is 584 g/mol. The van der Waals surface area contributed by atoms with Crippen LogP contribution in [0, 0.1) is 0 Å². The first-order chi connectivity index (χ1) is 20.7. The number of aliphatic carboxylic acids is 1. The SMILES string of the molecule is [N-]=[N+]=NCCOCCOCCOCCOc1ccc(C(CCCCCCc2ccc3c(n2)NCCC3)CC(=O)O)cn1. The fourth-order valence-corrected chi connectivity index (χ4v) is 4.77. The second-order valence-electron chi connectivity index (χ2n) is 10.2. The Balaban J connectivity index is 1.25. The predicted octanol–water partition coefficient (Wildman–Crippen LogP) is 5.33. The quantitative estimate of drug-likeness (QED) is 0.0761. The predicted molar refractivity (Wildman–Crippen MR) is 159 cm³/mol. The molecule has 1 aliphatic heterocycles. The van der Waals surface area contributed by atoms with Crippen molar-refractivity contribution in [1.82, 2.24) is 9.97 Å². The molecule has 0 radical (unpaired) electrons. The van der Waals surface area contributed by atoms with Gasteiger partial charge >= 0.3 is 5.97 Å². The van der Waals surface area contributed by atoms with Crippen LogP contribution in [0.2, 0.25) is 0 Å². The van der Waals surface area contributed by atoms with Crippen molar-refractivity contribution < 1.29 is 28.8 Å². The molecule has 42 heavy (non-hydrogen) atoms. The number of aromatic nitrogens is 2. The number of pyridine rings is 2. The third-order valence-electron chi connectivity index (χ3n) is 6.96. The van der Waals surface area contributed by atoms with E-state index in [0.717, 1.165) is 68.6 Å². The minimum absolute atomic E-state index is 0.0720. The molecule has 0 amide bonds. The number of rotatable bonds is 23. The summed E-state index contributed by atoms with van der Waals surface area (Å²) in [4.78, 5) is 23.3. The molecular weight excluding hydrogens is 540 g/mol. The molecule has 1 unspecified atom stereocenters. The van der Waals surface area contributed by atoms with Crippen molar-refractivity contribution in [3.8, 4) is 5.88 Å². The lowest BCUT2D eigenvalue weighted by molar-refractivity contribution is -0.137. The lowest BCUT2D eigenvalue weighted by atomic mass is 9.91. The van der Waals surface area contributed by atoms with Gasteiger partial charge in [-0.15, -0.1) is 0 Å². The maximum Gasteiger partial charge on any atom is 0.303 e. The van der Waals surface area contributed by atoms with Gasteiger partial charge in [-0.05, 0) is 60.7 Å². The summed E-state index contributed by atoms with van der Waals surface area (Å²) in [6.07, 6.45) is 10.1. The van der Waals surface area contributed by atoms with Gasteiger partial charge in [0.25, 0.3) is 0 Å². The summed E-state index contributed by atoms with van der Waals surface area (Å²) >= 11 is 0. The number of carboxylic acids is 1. The fraction of sp³-hybridized carbons (Fsp3) is 0.633. The summed E-state index contributed by atoms with van der Waals surface area (Å²) in [6, 6.07) is 8.05. The maximum atomic E-state index is 11.5. The first-order valence-corrected chi connectivity index (χ1v) is 14.9. The van der Waals surface area contributed by atoms with E-state index >= 15 is 0 Å². The summed E-state index contributed by atoms with van der Waals surface area (Å²) in [5.74, 6) is 0.662. The Kier molecular flexibility index (Phi) is 16.1. The van der Waals surface area contributed by atoms with Gasteiger partial charge in [0.15, 0.2) is 0 Å². The number of hydrogen-bond donors (Lipinski definition) is 2. The van der Waals surface area contributed by atoms with Crippen molar-refractivity contribution in [3.05, 3.63) is 57.7 Å². The number of carboxylic acid groups (broad SMARTS) is 1. The smallest absolute Gasteiger partial charge is 0.303 e. The van der Waals surface area contributed by atoms with Crippen LogP contribution in [-0.2, 0) is 31.8 Å². The van der Waals surface area contributed by atoms with Gasteiger partial charge in [0.05, 0.1) is 46.1 Å². The summed E-state index contributed by atoms with van der Waals surface area (Å²) in [6.45, 7) is 4.21. The Morgan fingerprint density at radius 1 is 1.00 bits per heavy atom. The zero-order valence-electron chi connectivity index (χ0n) is 24.4. The Hall–Kier alpha value is -3.44. The molecule has 2 aromatic rings. The van der Waals surface area contributed by atoms with Gasteiger partial charge < -0.3 is 29.4 Å². The number of unbranched alkanes of at least 4 members (excludes halogenated alkanes) is 3. The van der Waals surface area contributed by atoms with Crippen LogP contribution < -0.4 is 10.1 Å². The average molecular weight is 585 g/mol. The number of fused-ring (bicyclic) bond motifs is 1. The normalized spacial score (nSPS) is 13.0. The van der Waals surface area contributed by atoms with Crippen molar-refractivity contribution in [2.45, 2.75) is 63.7 Å². The molecule has 12 nitrogen and oxygen atoms in total. The number of anilines is 1. The van der Waals surface area contributed by atoms with E-state index in [1.807, 2.05) is 6.07 Å². The van der Waals surface area contributed by atoms with Crippen LogP contribution in [0.5, 0.6) is 5.88 Å². The molecular formula is C30H44N6O6. The third kappa shape index (κ3) is 13.5. The van der Waals surface area contributed by atoms with Crippen molar-refractivity contribution in [3.63, 3.8) is 0 Å². The van der Waals surface area contributed by atoms with Crippen molar-refractivity contribution in [2.24, 2.45) is 5.11 Å². The molecule has 0 saturated heterocycles. The molecule has 0 bridgehead atoms. The summed E-state index contributed by atoms with van der Waals surface area (Å²) in [5.41, 5.74) is 11.5. The van der Waals surface area contributed by atoms with Crippen LogP contribution in [0.1, 0.15) is 67.7 Å². The number of nitrogens with one attached hydrogen (secondary N) is 1. The Labute approximate surface area is 247 Å².